The Bertz CT molecular complexity index is 1090. The Balaban J connectivity index is 1.04. The molecule has 2 aromatic rings. The summed E-state index contributed by atoms with van der Waals surface area (Å²) in [6.07, 6.45) is 7.23. The minimum atomic E-state index is -0.922. The van der Waals surface area contributed by atoms with Gasteiger partial charge in [0.25, 0.3) is 0 Å². The van der Waals surface area contributed by atoms with Crippen molar-refractivity contribution < 1.29 is 28.2 Å². The van der Waals surface area contributed by atoms with Gasteiger partial charge in [0, 0.05) is 30.8 Å². The van der Waals surface area contributed by atoms with Gasteiger partial charge in [-0.15, -0.1) is 0 Å². The first-order valence-electron chi connectivity index (χ1n) is 12.9. The van der Waals surface area contributed by atoms with E-state index in [1.807, 2.05) is 0 Å². The molecule has 3 fully saturated rings. The van der Waals surface area contributed by atoms with E-state index in [1.165, 1.54) is 11.3 Å². The molecule has 2 atom stereocenters. The summed E-state index contributed by atoms with van der Waals surface area (Å²) in [5.74, 6) is 1.48. The third kappa shape index (κ3) is 5.95. The predicted octanol–water partition coefficient (Wildman–Crippen LogP) is 3.22. The molecule has 5 rings (SSSR count). The van der Waals surface area contributed by atoms with Crippen LogP contribution in [0.4, 0.5) is 14.7 Å². The molecule has 1 unspecified atom stereocenters. The van der Waals surface area contributed by atoms with Gasteiger partial charge in [-0.05, 0) is 50.4 Å². The molecular weight excluding hydrogens is 482 g/mol. The Kier molecular flexibility index (Phi) is 7.20. The molecule has 2 aliphatic heterocycles. The van der Waals surface area contributed by atoms with E-state index >= 15 is 0 Å². The summed E-state index contributed by atoms with van der Waals surface area (Å²) in [5.41, 5.74) is -1.19. The molecule has 1 saturated carbocycles. The van der Waals surface area contributed by atoms with E-state index in [2.05, 4.69) is 14.9 Å². The van der Waals surface area contributed by atoms with Crippen LogP contribution in [0.2, 0.25) is 0 Å². The molecule has 10 heteroatoms. The highest BCUT2D eigenvalue weighted by molar-refractivity contribution is 5.80. The van der Waals surface area contributed by atoms with Crippen LogP contribution in [0.1, 0.15) is 38.2 Å². The molecule has 0 radical (unpaired) electrons. The SMILES string of the molecule is COc1cnc(N2CCC([C@H]3CC3CCOc3cc(F)c(CC(=O)N4CC(C)(O)C4)c(F)c3)CC2)nc1. The number of methoxy groups -OCH3 is 1. The number of aromatic nitrogens is 2. The average Bonchev–Trinajstić information content (AvgIpc) is 3.64. The van der Waals surface area contributed by atoms with E-state index in [4.69, 9.17) is 9.47 Å². The van der Waals surface area contributed by atoms with Crippen LogP contribution in [0, 0.1) is 29.4 Å². The first-order chi connectivity index (χ1) is 17.7. The number of carbonyl (C=O) groups is 1. The Hall–Kier alpha value is -3.01. The van der Waals surface area contributed by atoms with Crippen LogP contribution in [-0.2, 0) is 11.2 Å². The van der Waals surface area contributed by atoms with Crippen molar-refractivity contribution in [3.8, 4) is 11.5 Å². The van der Waals surface area contributed by atoms with Gasteiger partial charge in [-0.2, -0.15) is 0 Å². The van der Waals surface area contributed by atoms with Crippen LogP contribution in [0.3, 0.4) is 0 Å². The average molecular weight is 517 g/mol. The summed E-state index contributed by atoms with van der Waals surface area (Å²) in [7, 11) is 1.60. The Morgan fingerprint density at radius 1 is 1.14 bits per heavy atom. The maximum atomic E-state index is 14.5. The summed E-state index contributed by atoms with van der Waals surface area (Å²) in [6.45, 7) is 4.24. The van der Waals surface area contributed by atoms with Crippen molar-refractivity contribution in [2.75, 3.05) is 44.8 Å². The van der Waals surface area contributed by atoms with Crippen LogP contribution in [-0.4, -0.2) is 71.4 Å². The van der Waals surface area contributed by atoms with Crippen LogP contribution in [0.15, 0.2) is 24.5 Å². The lowest BCUT2D eigenvalue weighted by Gasteiger charge is -2.44. The maximum absolute atomic E-state index is 14.5. The minimum Gasteiger partial charge on any atom is -0.494 e. The van der Waals surface area contributed by atoms with Gasteiger partial charge >= 0.3 is 0 Å². The number of benzene rings is 1. The monoisotopic (exact) mass is 516 g/mol. The van der Waals surface area contributed by atoms with Gasteiger partial charge in [-0.3, -0.25) is 4.79 Å². The number of piperidine rings is 1. The number of amides is 1. The second-order valence-electron chi connectivity index (χ2n) is 10.8. The van der Waals surface area contributed by atoms with Crippen LogP contribution >= 0.6 is 0 Å². The van der Waals surface area contributed by atoms with E-state index in [0.717, 1.165) is 50.4 Å². The molecule has 0 bridgehead atoms. The molecule has 37 heavy (non-hydrogen) atoms. The number of anilines is 1. The van der Waals surface area contributed by atoms with Crippen molar-refractivity contribution in [1.82, 2.24) is 14.9 Å². The van der Waals surface area contributed by atoms with Gasteiger partial charge in [-0.25, -0.2) is 18.7 Å². The quantitative estimate of drug-likeness (QED) is 0.548. The van der Waals surface area contributed by atoms with Crippen molar-refractivity contribution in [3.05, 3.63) is 41.7 Å². The highest BCUT2D eigenvalue weighted by atomic mass is 19.1. The van der Waals surface area contributed by atoms with E-state index < -0.39 is 23.1 Å². The van der Waals surface area contributed by atoms with E-state index in [1.54, 1.807) is 26.4 Å². The fraction of sp³-hybridized carbons (Fsp3) is 0.593. The molecule has 8 nitrogen and oxygen atoms in total. The number of aliphatic hydroxyl groups is 1. The number of halogens is 2. The van der Waals surface area contributed by atoms with Gasteiger partial charge in [0.15, 0.2) is 5.75 Å². The van der Waals surface area contributed by atoms with Gasteiger partial charge in [0.2, 0.25) is 11.9 Å². The number of β-amino-alcohol motifs (C(OH)–C–C–N with tert-alkyl or cyclic N) is 1. The zero-order valence-corrected chi connectivity index (χ0v) is 21.3. The summed E-state index contributed by atoms with van der Waals surface area (Å²) in [6, 6.07) is 2.30. The lowest BCUT2D eigenvalue weighted by Crippen LogP contribution is -2.62. The number of nitrogens with zero attached hydrogens (tertiary/aromatic N) is 4. The van der Waals surface area contributed by atoms with Crippen molar-refractivity contribution >= 4 is 11.9 Å². The van der Waals surface area contributed by atoms with Gasteiger partial charge in [-0.1, -0.05) is 0 Å². The van der Waals surface area contributed by atoms with Crippen molar-refractivity contribution in [2.45, 2.75) is 44.6 Å². The third-order valence-electron chi connectivity index (χ3n) is 7.87. The molecule has 200 valence electrons. The van der Waals surface area contributed by atoms with E-state index in [9.17, 15) is 18.7 Å². The Morgan fingerprint density at radius 3 is 2.38 bits per heavy atom. The lowest BCUT2D eigenvalue weighted by molar-refractivity contribution is -0.151. The van der Waals surface area contributed by atoms with Gasteiger partial charge < -0.3 is 24.4 Å². The van der Waals surface area contributed by atoms with E-state index in [0.29, 0.717) is 30.1 Å². The molecule has 3 aliphatic rings. The molecule has 1 aromatic heterocycles. The Labute approximate surface area is 215 Å². The lowest BCUT2D eigenvalue weighted by atomic mass is 9.90. The molecule has 3 heterocycles. The second kappa shape index (κ2) is 10.4. The molecule has 2 saturated heterocycles. The number of hydrogen-bond donors (Lipinski definition) is 1. The highest BCUT2D eigenvalue weighted by Gasteiger charge is 2.43. The second-order valence-corrected chi connectivity index (χ2v) is 10.8. The first-order valence-corrected chi connectivity index (χ1v) is 12.9. The zero-order valence-electron chi connectivity index (χ0n) is 21.3. The van der Waals surface area contributed by atoms with E-state index in [-0.39, 0.29) is 30.8 Å². The number of likely N-dealkylation sites (tertiary alicyclic amines) is 1. The maximum Gasteiger partial charge on any atom is 0.227 e. The normalized spacial score (nSPS) is 22.9. The smallest absolute Gasteiger partial charge is 0.227 e. The Morgan fingerprint density at radius 2 is 1.78 bits per heavy atom. The molecule has 0 spiro atoms. The highest BCUT2D eigenvalue weighted by Crippen LogP contribution is 2.50. The van der Waals surface area contributed by atoms with Gasteiger partial charge in [0.05, 0.1) is 51.2 Å². The number of rotatable bonds is 9. The molecule has 1 aliphatic carbocycles. The standard InChI is InChI=1S/C27H34F2N4O4/c1-27(35)15-33(16-27)25(34)12-22-23(28)10-19(11-24(22)29)37-8-5-18-9-21(18)17-3-6-32(7-4-17)26-30-13-20(36-2)14-31-26/h10-11,13-14,17-18,21,35H,3-9,12,15-16H2,1-2H3/t18?,21-/m1/s1. The van der Waals surface area contributed by atoms with Crippen molar-refractivity contribution in [3.63, 3.8) is 0 Å². The number of hydrogen-bond acceptors (Lipinski definition) is 7. The number of carbonyl (C=O) groups excluding carboxylic acids is 1. The number of ether oxygens (including phenoxy) is 2. The summed E-state index contributed by atoms with van der Waals surface area (Å²) < 4.78 is 39.9. The summed E-state index contributed by atoms with van der Waals surface area (Å²) in [4.78, 5) is 24.6. The summed E-state index contributed by atoms with van der Waals surface area (Å²) >= 11 is 0. The minimum absolute atomic E-state index is 0.142. The fourth-order valence-electron chi connectivity index (χ4n) is 5.66. The third-order valence-corrected chi connectivity index (χ3v) is 7.87. The molecule has 1 aromatic carbocycles. The fourth-order valence-corrected chi connectivity index (χ4v) is 5.66. The topological polar surface area (TPSA) is 88.0 Å². The molecular formula is C27H34F2N4O4. The van der Waals surface area contributed by atoms with Crippen molar-refractivity contribution in [1.29, 1.82) is 0 Å². The first kappa shape index (κ1) is 25.6. The molecule has 1 N–H and O–H groups in total. The van der Waals surface area contributed by atoms with Gasteiger partial charge in [0.1, 0.15) is 17.4 Å². The largest absolute Gasteiger partial charge is 0.494 e. The molecule has 1 amide bonds. The summed E-state index contributed by atoms with van der Waals surface area (Å²) in [5, 5.41) is 9.76. The zero-order chi connectivity index (χ0) is 26.2. The predicted molar refractivity (Wildman–Crippen MR) is 132 cm³/mol. The van der Waals surface area contributed by atoms with Crippen molar-refractivity contribution in [2.24, 2.45) is 17.8 Å². The van der Waals surface area contributed by atoms with Crippen LogP contribution in [0.5, 0.6) is 11.5 Å². The van der Waals surface area contributed by atoms with Crippen LogP contribution < -0.4 is 14.4 Å². The van der Waals surface area contributed by atoms with Crippen LogP contribution in [0.25, 0.3) is 0 Å².